The smallest absolute Gasteiger partial charge is 0.246 e. The normalized spacial score (nSPS) is 23.8. The summed E-state index contributed by atoms with van der Waals surface area (Å²) in [7, 11) is 2.27. The molecule has 9 atom stereocenters. The molecule has 2 saturated heterocycles. The number of carbonyl (C=O) groups is 10. The van der Waals surface area contributed by atoms with Crippen LogP contribution in [0, 0.1) is 5.92 Å². The lowest BCUT2D eigenvalue weighted by Gasteiger charge is -2.31. The number of ether oxygens (including phenoxy) is 1. The van der Waals surface area contributed by atoms with Gasteiger partial charge in [0.05, 0.1) is 25.7 Å². The quantitative estimate of drug-likeness (QED) is 0.0652. The van der Waals surface area contributed by atoms with Gasteiger partial charge in [0.15, 0.2) is 0 Å². The highest BCUT2D eigenvalue weighted by Crippen LogP contribution is 2.26. The van der Waals surface area contributed by atoms with E-state index < -0.39 is 126 Å². The molecule has 3 rings (SSSR count). The predicted molar refractivity (Wildman–Crippen MR) is 253 cm³/mol. The number of rotatable bonds is 18. The first-order valence-electron chi connectivity index (χ1n) is 22.6. The topological polar surface area (TPSA) is 366 Å². The van der Waals surface area contributed by atoms with Gasteiger partial charge in [-0.2, -0.15) is 0 Å². The lowest BCUT2D eigenvalue weighted by Crippen LogP contribution is -2.63. The Balaban J connectivity index is 1.99. The van der Waals surface area contributed by atoms with Crippen LogP contribution in [0.1, 0.15) is 78.2 Å². The maximum atomic E-state index is 14.4. The molecule has 1 aromatic carbocycles. The average molecular weight is 994 g/mol. The first-order chi connectivity index (χ1) is 32.3. The van der Waals surface area contributed by atoms with Crippen LogP contribution in [0.4, 0.5) is 0 Å². The summed E-state index contributed by atoms with van der Waals surface area (Å²) in [4.78, 5) is 135. The van der Waals surface area contributed by atoms with E-state index >= 15 is 0 Å². The molecule has 68 heavy (non-hydrogen) atoms. The molecule has 378 valence electrons. The number of amides is 10. The average Bonchev–Trinajstić information content (AvgIpc) is 3.79. The van der Waals surface area contributed by atoms with Crippen molar-refractivity contribution < 1.29 is 57.8 Å². The standard InChI is InChI=1S/C43H67N11O12S2/c1-5-23(3)35-41(63)53-36(24(4)55)42(64)50-29(20-32(45)56)38(60)51-30(43(65)54-17-8-10-31(54)40(62)49-27(9-7-16-44)37(59)47-21-33(46)57)22-68-67-18-15-34(58)48-28(39(61)52-35)19-25-11-13-26(14-12-25)66-6-2/h11-14,23-24,27-31,35-36,55H,5-10,15-22,44H2,1-4H3,(H2,45,56)(H2,46,57)(H,47,59)(H,48,58)(H,49,62)(H,50,64)(H,51,60)(H,52,61)(H,53,63)/t23-,24+,27-,28?,29-,30?,31-,35-,36-/m0/s1. The van der Waals surface area contributed by atoms with Crippen molar-refractivity contribution in [3.05, 3.63) is 29.8 Å². The number of nitrogens with two attached hydrogens (primary N) is 3. The van der Waals surface area contributed by atoms with Crippen LogP contribution in [0.2, 0.25) is 0 Å². The van der Waals surface area contributed by atoms with Gasteiger partial charge in [-0.3, -0.25) is 47.9 Å². The second kappa shape index (κ2) is 28.6. The van der Waals surface area contributed by atoms with E-state index in [0.717, 1.165) is 10.8 Å². The van der Waals surface area contributed by atoms with Gasteiger partial charge in [0.25, 0.3) is 0 Å². The number of aliphatic hydroxyl groups excluding tert-OH is 1. The summed E-state index contributed by atoms with van der Waals surface area (Å²) in [6.07, 6.45) is -1.05. The van der Waals surface area contributed by atoms with Crippen LogP contribution in [-0.4, -0.2) is 155 Å². The molecule has 1 aromatic rings. The van der Waals surface area contributed by atoms with Gasteiger partial charge in [-0.05, 0) is 69.7 Å². The molecular formula is C43H67N11O12S2. The molecule has 10 amide bonds. The molecule has 0 aliphatic carbocycles. The molecule has 2 fully saturated rings. The van der Waals surface area contributed by atoms with Gasteiger partial charge in [0, 0.05) is 30.9 Å². The molecule has 23 nitrogen and oxygen atoms in total. The zero-order chi connectivity index (χ0) is 50.5. The number of aliphatic hydroxyl groups is 1. The molecule has 0 spiro atoms. The third-order valence-electron chi connectivity index (χ3n) is 11.2. The molecule has 2 aliphatic heterocycles. The Labute approximate surface area is 403 Å². The second-order valence-corrected chi connectivity index (χ2v) is 19.1. The molecule has 0 bridgehead atoms. The fraction of sp³-hybridized carbons (Fsp3) is 0.628. The molecule has 14 N–H and O–H groups in total. The highest BCUT2D eigenvalue weighted by Gasteiger charge is 2.41. The van der Waals surface area contributed by atoms with Gasteiger partial charge in [0.1, 0.15) is 48.0 Å². The van der Waals surface area contributed by atoms with Gasteiger partial charge in [0.2, 0.25) is 59.1 Å². The number of likely N-dealkylation sites (tertiary alicyclic amines) is 1. The van der Waals surface area contributed by atoms with Crippen LogP contribution in [0.25, 0.3) is 0 Å². The lowest BCUT2D eigenvalue weighted by atomic mass is 9.96. The molecule has 0 saturated carbocycles. The van der Waals surface area contributed by atoms with Crippen LogP contribution in [0.15, 0.2) is 24.3 Å². The van der Waals surface area contributed by atoms with Crippen molar-refractivity contribution in [1.29, 1.82) is 0 Å². The zero-order valence-electron chi connectivity index (χ0n) is 38.8. The van der Waals surface area contributed by atoms with E-state index in [9.17, 15) is 53.1 Å². The van der Waals surface area contributed by atoms with Crippen molar-refractivity contribution in [2.24, 2.45) is 23.1 Å². The molecule has 2 unspecified atom stereocenters. The number of hydrogen-bond donors (Lipinski definition) is 11. The summed E-state index contributed by atoms with van der Waals surface area (Å²) in [5.41, 5.74) is 17.0. The third-order valence-corrected chi connectivity index (χ3v) is 13.6. The monoisotopic (exact) mass is 993 g/mol. The Morgan fingerprint density at radius 3 is 2.15 bits per heavy atom. The van der Waals surface area contributed by atoms with Crippen molar-refractivity contribution in [3.8, 4) is 5.75 Å². The van der Waals surface area contributed by atoms with Gasteiger partial charge in [-0.15, -0.1) is 0 Å². The predicted octanol–water partition coefficient (Wildman–Crippen LogP) is -3.04. The minimum Gasteiger partial charge on any atom is -0.494 e. The maximum Gasteiger partial charge on any atom is 0.246 e. The van der Waals surface area contributed by atoms with E-state index in [-0.39, 0.29) is 50.3 Å². The minimum atomic E-state index is -1.74. The van der Waals surface area contributed by atoms with Gasteiger partial charge in [-0.1, -0.05) is 54.0 Å². The summed E-state index contributed by atoms with van der Waals surface area (Å²) in [5.74, 6) is -8.07. The zero-order valence-corrected chi connectivity index (χ0v) is 40.5. The first-order valence-corrected chi connectivity index (χ1v) is 25.1. The first kappa shape index (κ1) is 56.7. The highest BCUT2D eigenvalue weighted by atomic mass is 33.1. The van der Waals surface area contributed by atoms with Crippen molar-refractivity contribution in [1.82, 2.24) is 42.1 Å². The largest absolute Gasteiger partial charge is 0.494 e. The van der Waals surface area contributed by atoms with E-state index in [1.54, 1.807) is 38.1 Å². The van der Waals surface area contributed by atoms with Crippen LogP contribution in [0.3, 0.4) is 0 Å². The number of nitrogens with one attached hydrogen (secondary N) is 7. The lowest BCUT2D eigenvalue weighted by molar-refractivity contribution is -0.142. The van der Waals surface area contributed by atoms with Crippen LogP contribution >= 0.6 is 21.6 Å². The van der Waals surface area contributed by atoms with Crippen LogP contribution in [-0.2, 0) is 54.4 Å². The maximum absolute atomic E-state index is 14.4. The summed E-state index contributed by atoms with van der Waals surface area (Å²) in [6.45, 7) is 6.72. The Morgan fingerprint density at radius 2 is 1.53 bits per heavy atom. The minimum absolute atomic E-state index is 0.0243. The van der Waals surface area contributed by atoms with Gasteiger partial charge in [-0.25, -0.2) is 0 Å². The van der Waals surface area contributed by atoms with Crippen molar-refractivity contribution >= 4 is 80.7 Å². The number of hydrogen-bond acceptors (Lipinski definition) is 15. The summed E-state index contributed by atoms with van der Waals surface area (Å²) >= 11 is 0. The number of primary amides is 2. The number of nitrogens with zero attached hydrogens (tertiary/aromatic N) is 1. The van der Waals surface area contributed by atoms with Crippen molar-refractivity contribution in [3.63, 3.8) is 0 Å². The van der Waals surface area contributed by atoms with E-state index in [1.807, 2.05) is 6.92 Å². The van der Waals surface area contributed by atoms with Gasteiger partial charge < -0.3 is 69.2 Å². The molecule has 25 heteroatoms. The van der Waals surface area contributed by atoms with E-state index in [4.69, 9.17) is 21.9 Å². The van der Waals surface area contributed by atoms with Crippen molar-refractivity contribution in [2.75, 3.05) is 37.7 Å². The third kappa shape index (κ3) is 18.1. The number of carbonyl (C=O) groups excluding carboxylic acids is 10. The van der Waals surface area contributed by atoms with Crippen LogP contribution in [0.5, 0.6) is 5.75 Å². The molecule has 0 aromatic heterocycles. The Bertz CT molecular complexity index is 1950. The second-order valence-electron chi connectivity index (χ2n) is 16.5. The summed E-state index contributed by atoms with van der Waals surface area (Å²) in [6, 6.07) is -2.62. The molecule has 0 radical (unpaired) electrons. The molecule has 2 heterocycles. The van der Waals surface area contributed by atoms with E-state index in [1.165, 1.54) is 22.6 Å². The summed E-state index contributed by atoms with van der Waals surface area (Å²) < 4.78 is 5.53. The van der Waals surface area contributed by atoms with Crippen molar-refractivity contribution in [2.45, 2.75) is 127 Å². The summed E-state index contributed by atoms with van der Waals surface area (Å²) in [5, 5.41) is 28.7. The highest BCUT2D eigenvalue weighted by molar-refractivity contribution is 8.76. The van der Waals surface area contributed by atoms with Gasteiger partial charge >= 0.3 is 0 Å². The molecular weight excluding hydrogens is 927 g/mol. The number of benzene rings is 1. The molecule has 2 aliphatic rings. The van der Waals surface area contributed by atoms with E-state index in [0.29, 0.717) is 37.2 Å². The fourth-order valence-electron chi connectivity index (χ4n) is 7.29. The van der Waals surface area contributed by atoms with Crippen LogP contribution < -0.4 is 59.2 Å². The Kier molecular flexibility index (Phi) is 23.8. The SMILES string of the molecule is CCOc1ccc(CC2NC(=O)CCSSCC(C(=O)N3CCC[C@H]3C(=O)N[C@@H](CCCN)C(=O)NCC(N)=O)NC(=O)[C@H](CC(N)=O)NC(=O)[C@H]([C@@H](C)O)NC(=O)[C@H]([C@@H](C)CC)NC2=O)cc1. The Morgan fingerprint density at radius 1 is 0.868 bits per heavy atom. The van der Waals surface area contributed by atoms with E-state index in [2.05, 4.69) is 37.2 Å². The fourth-order valence-corrected chi connectivity index (χ4v) is 9.44. The Hall–Kier alpha value is -5.66.